The number of thiophene rings is 1. The molecule has 0 bridgehead atoms. The maximum atomic E-state index is 11.1. The van der Waals surface area contributed by atoms with E-state index in [4.69, 9.17) is 5.11 Å². The zero-order chi connectivity index (χ0) is 21.2. The molecule has 1 aliphatic carbocycles. The Kier molecular flexibility index (Phi) is 10.8. The molecular weight excluding hydrogens is 456 g/mol. The second kappa shape index (κ2) is 12.8. The third-order valence-electron chi connectivity index (χ3n) is 5.36. The van der Waals surface area contributed by atoms with Gasteiger partial charge >= 0.3 is 0 Å². The summed E-state index contributed by atoms with van der Waals surface area (Å²) in [6.45, 7) is -0.402. The molecule has 162 valence electrons. The third kappa shape index (κ3) is 8.44. The Morgan fingerprint density at radius 2 is 2.07 bits per heavy atom. The molecule has 0 spiro atoms. The van der Waals surface area contributed by atoms with Crippen LogP contribution in [0.2, 0.25) is 0 Å². The van der Waals surface area contributed by atoms with Crippen molar-refractivity contribution in [3.63, 3.8) is 0 Å². The van der Waals surface area contributed by atoms with Crippen molar-refractivity contribution >= 4 is 33.0 Å². The number of carbonyl (C=O) groups excluding carboxylic acids is 1. The number of hydrogen-bond acceptors (Lipinski definition) is 6. The summed E-state index contributed by atoms with van der Waals surface area (Å²) >= 11 is 5.10. The van der Waals surface area contributed by atoms with Crippen LogP contribution in [-0.2, 0) is 11.2 Å². The lowest BCUT2D eigenvalue weighted by Gasteiger charge is -2.19. The Morgan fingerprint density at radius 1 is 1.28 bits per heavy atom. The van der Waals surface area contributed by atoms with Crippen LogP contribution in [0.5, 0.6) is 0 Å². The molecule has 1 aromatic heterocycles. The van der Waals surface area contributed by atoms with Crippen LogP contribution in [0.15, 0.2) is 40.2 Å². The van der Waals surface area contributed by atoms with Gasteiger partial charge in [0.25, 0.3) is 0 Å². The van der Waals surface area contributed by atoms with Crippen molar-refractivity contribution in [1.29, 1.82) is 0 Å². The second-order valence-electron chi connectivity index (χ2n) is 7.60. The van der Waals surface area contributed by atoms with E-state index in [1.54, 1.807) is 17.4 Å². The van der Waals surface area contributed by atoms with Crippen LogP contribution in [0.25, 0.3) is 0 Å². The fourth-order valence-corrected chi connectivity index (χ4v) is 5.20. The van der Waals surface area contributed by atoms with Crippen molar-refractivity contribution in [2.24, 2.45) is 11.8 Å². The molecule has 4 N–H and O–H groups in total. The number of unbranched alkanes of at least 4 members (excludes halogenated alkanes) is 1. The van der Waals surface area contributed by atoms with Crippen LogP contribution in [0.3, 0.4) is 0 Å². The molecule has 7 heteroatoms. The lowest BCUT2D eigenvalue weighted by Crippen LogP contribution is -2.20. The van der Waals surface area contributed by atoms with Gasteiger partial charge in [-0.3, -0.25) is 4.79 Å². The zero-order valence-corrected chi connectivity index (χ0v) is 18.9. The number of aliphatic hydroxyl groups is 4. The van der Waals surface area contributed by atoms with Gasteiger partial charge in [-0.25, -0.2) is 0 Å². The first-order valence-electron chi connectivity index (χ1n) is 10.1. The molecular formula is C22H31BrO5S. The van der Waals surface area contributed by atoms with Crippen LogP contribution >= 0.6 is 27.3 Å². The quantitative estimate of drug-likeness (QED) is 0.268. The summed E-state index contributed by atoms with van der Waals surface area (Å²) in [7, 11) is 0. The van der Waals surface area contributed by atoms with Gasteiger partial charge in [-0.1, -0.05) is 24.3 Å². The molecule has 2 rings (SSSR count). The van der Waals surface area contributed by atoms with E-state index in [0.717, 1.165) is 16.6 Å². The molecule has 0 unspecified atom stereocenters. The molecule has 5 atom stereocenters. The van der Waals surface area contributed by atoms with Gasteiger partial charge < -0.3 is 20.4 Å². The molecule has 0 amide bonds. The van der Waals surface area contributed by atoms with Crippen molar-refractivity contribution in [2.45, 2.75) is 63.3 Å². The normalized spacial score (nSPS) is 26.0. The Hall–Kier alpha value is -0.830. The number of carbonyl (C=O) groups is 1. The highest BCUT2D eigenvalue weighted by atomic mass is 79.9. The summed E-state index contributed by atoms with van der Waals surface area (Å²) < 4.78 is 1.08. The predicted octanol–water partition coefficient (Wildman–Crippen LogP) is 3.40. The minimum Gasteiger partial charge on any atom is -0.393 e. The van der Waals surface area contributed by atoms with Gasteiger partial charge in [-0.05, 0) is 66.1 Å². The van der Waals surface area contributed by atoms with Crippen LogP contribution < -0.4 is 0 Å². The number of Topliss-reactive ketones (excluding diaryl/α,β-unsaturated/α-hetero) is 1. The molecule has 29 heavy (non-hydrogen) atoms. The van der Waals surface area contributed by atoms with Crippen molar-refractivity contribution < 1.29 is 25.2 Å². The number of halogens is 1. The number of hydrogen-bond donors (Lipinski definition) is 4. The molecule has 0 aromatic carbocycles. The maximum absolute atomic E-state index is 11.1. The molecule has 1 fully saturated rings. The number of aliphatic hydroxyl groups excluding tert-OH is 4. The summed E-state index contributed by atoms with van der Waals surface area (Å²) in [6, 6.07) is 4.05. The monoisotopic (exact) mass is 486 g/mol. The number of ketones is 1. The van der Waals surface area contributed by atoms with E-state index in [1.807, 2.05) is 30.4 Å². The minimum absolute atomic E-state index is 0.0861. The predicted molar refractivity (Wildman–Crippen MR) is 119 cm³/mol. The summed E-state index contributed by atoms with van der Waals surface area (Å²) in [6.07, 6.45) is 10.0. The molecule has 5 nitrogen and oxygen atoms in total. The van der Waals surface area contributed by atoms with Gasteiger partial charge in [0.2, 0.25) is 0 Å². The van der Waals surface area contributed by atoms with E-state index >= 15 is 0 Å². The fourth-order valence-electron chi connectivity index (χ4n) is 3.70. The van der Waals surface area contributed by atoms with Crippen LogP contribution in [-0.4, -0.2) is 51.1 Å². The Bertz CT molecular complexity index is 686. The van der Waals surface area contributed by atoms with Crippen molar-refractivity contribution in [3.05, 3.63) is 45.1 Å². The van der Waals surface area contributed by atoms with Crippen molar-refractivity contribution in [1.82, 2.24) is 0 Å². The molecule has 1 heterocycles. The molecule has 1 aromatic rings. The van der Waals surface area contributed by atoms with E-state index in [1.165, 1.54) is 4.88 Å². The Morgan fingerprint density at radius 3 is 2.76 bits per heavy atom. The first kappa shape index (κ1) is 24.4. The second-order valence-corrected chi connectivity index (χ2v) is 10.2. The van der Waals surface area contributed by atoms with Crippen LogP contribution in [0.4, 0.5) is 0 Å². The zero-order valence-electron chi connectivity index (χ0n) is 16.5. The lowest BCUT2D eigenvalue weighted by atomic mass is 9.89. The van der Waals surface area contributed by atoms with E-state index in [2.05, 4.69) is 15.9 Å². The highest BCUT2D eigenvalue weighted by Crippen LogP contribution is 2.36. The fraction of sp³-hybridized carbons (Fsp3) is 0.591. The minimum atomic E-state index is -0.609. The molecule has 0 saturated heterocycles. The molecule has 0 radical (unpaired) electrons. The van der Waals surface area contributed by atoms with E-state index in [0.29, 0.717) is 32.1 Å². The smallest absolute Gasteiger partial charge is 0.158 e. The van der Waals surface area contributed by atoms with E-state index in [9.17, 15) is 20.1 Å². The lowest BCUT2D eigenvalue weighted by molar-refractivity contribution is -0.121. The molecule has 0 aliphatic heterocycles. The average molecular weight is 487 g/mol. The SMILES string of the molecule is O=C(CO)CCC/C=C\C[C@@H]1[C@@H](/C=C/[C@@H](O)CCc2ccc(Br)s2)[C@H](O)C[C@@H]1O. The number of allylic oxidation sites excluding steroid dienone is 2. The van der Waals surface area contributed by atoms with Gasteiger partial charge in [0.1, 0.15) is 6.61 Å². The summed E-state index contributed by atoms with van der Waals surface area (Å²) in [5.74, 6) is -0.420. The van der Waals surface area contributed by atoms with Crippen LogP contribution in [0.1, 0.15) is 43.4 Å². The topological polar surface area (TPSA) is 98.0 Å². The van der Waals surface area contributed by atoms with Gasteiger partial charge in [0, 0.05) is 23.6 Å². The number of aryl methyl sites for hydroxylation is 1. The standard InChI is InChI=1S/C22H31BrO5S/c23-22-12-10-17(29-22)9-7-15(25)8-11-19-18(20(27)13-21(19)28)6-4-2-1-3-5-16(26)14-24/h2,4,8,10-12,15,18-21,24-25,27-28H,1,3,5-7,9,13-14H2/b4-2-,11-8+/t15-,18+,19+,20-,21+/m0/s1. The highest BCUT2D eigenvalue weighted by Gasteiger charge is 2.39. The largest absolute Gasteiger partial charge is 0.393 e. The van der Waals surface area contributed by atoms with E-state index < -0.39 is 24.9 Å². The highest BCUT2D eigenvalue weighted by molar-refractivity contribution is 9.11. The summed E-state index contributed by atoms with van der Waals surface area (Å²) in [5.41, 5.74) is 0. The van der Waals surface area contributed by atoms with E-state index in [-0.39, 0.29) is 17.6 Å². The first-order chi connectivity index (χ1) is 13.9. The molecule has 1 aliphatic rings. The van der Waals surface area contributed by atoms with Crippen LogP contribution in [0, 0.1) is 11.8 Å². The summed E-state index contributed by atoms with van der Waals surface area (Å²) in [5, 5.41) is 39.6. The average Bonchev–Trinajstić information content (AvgIpc) is 3.23. The number of rotatable bonds is 12. The third-order valence-corrected chi connectivity index (χ3v) is 7.05. The Balaban J connectivity index is 1.80. The van der Waals surface area contributed by atoms with Gasteiger partial charge in [-0.2, -0.15) is 0 Å². The first-order valence-corrected chi connectivity index (χ1v) is 11.8. The van der Waals surface area contributed by atoms with Gasteiger partial charge in [0.15, 0.2) is 5.78 Å². The van der Waals surface area contributed by atoms with Crippen molar-refractivity contribution in [3.8, 4) is 0 Å². The summed E-state index contributed by atoms with van der Waals surface area (Å²) in [4.78, 5) is 12.3. The molecule has 1 saturated carbocycles. The Labute approximate surface area is 184 Å². The van der Waals surface area contributed by atoms with Crippen molar-refractivity contribution in [2.75, 3.05) is 6.61 Å². The van der Waals surface area contributed by atoms with Gasteiger partial charge in [-0.15, -0.1) is 11.3 Å². The maximum Gasteiger partial charge on any atom is 0.158 e. The van der Waals surface area contributed by atoms with Gasteiger partial charge in [0.05, 0.1) is 22.1 Å².